The minimum absolute atomic E-state index is 0.186. The highest BCUT2D eigenvalue weighted by atomic mass is 35.5. The van der Waals surface area contributed by atoms with Crippen LogP contribution in [0.25, 0.3) is 0 Å². The molecule has 0 radical (unpaired) electrons. The highest BCUT2D eigenvalue weighted by Gasteiger charge is 2.24. The minimum atomic E-state index is 0.186. The molecule has 0 spiro atoms. The van der Waals surface area contributed by atoms with Gasteiger partial charge in [0, 0.05) is 13.1 Å². The van der Waals surface area contributed by atoms with Gasteiger partial charge < -0.3 is 9.64 Å². The van der Waals surface area contributed by atoms with Gasteiger partial charge in [-0.2, -0.15) is 15.0 Å². The van der Waals surface area contributed by atoms with Crippen LogP contribution in [0.1, 0.15) is 26.2 Å². The Hall–Kier alpha value is -1.10. The average Bonchev–Trinajstić information content (AvgIpc) is 2.77. The number of rotatable bonds is 4. The molecule has 1 atom stereocenters. The summed E-state index contributed by atoms with van der Waals surface area (Å²) >= 11 is 5.84. The summed E-state index contributed by atoms with van der Waals surface area (Å²) in [6, 6.07) is 0.277. The number of methoxy groups -OCH3 is 1. The van der Waals surface area contributed by atoms with Gasteiger partial charge in [-0.25, -0.2) is 0 Å². The van der Waals surface area contributed by atoms with Gasteiger partial charge in [-0.1, -0.05) is 13.3 Å². The molecular weight excluding hydrogens is 240 g/mol. The van der Waals surface area contributed by atoms with Gasteiger partial charge >= 0.3 is 6.01 Å². The number of anilines is 1. The molecule has 17 heavy (non-hydrogen) atoms. The van der Waals surface area contributed by atoms with Crippen molar-refractivity contribution in [2.45, 2.75) is 26.2 Å². The molecule has 1 saturated heterocycles. The second kappa shape index (κ2) is 5.49. The molecule has 1 aromatic heterocycles. The number of ether oxygens (including phenoxy) is 1. The molecule has 1 unspecified atom stereocenters. The molecule has 2 rings (SSSR count). The van der Waals surface area contributed by atoms with Gasteiger partial charge in [0.25, 0.3) is 0 Å². The maximum atomic E-state index is 5.84. The van der Waals surface area contributed by atoms with Gasteiger partial charge in [-0.05, 0) is 30.4 Å². The standard InChI is InChI=1S/C11H17ClN4O/c1-3-4-8-5-6-16(7-8)10-13-9(12)14-11(15-10)17-2/h8H,3-7H2,1-2H3. The summed E-state index contributed by atoms with van der Waals surface area (Å²) in [7, 11) is 1.53. The lowest BCUT2D eigenvalue weighted by Crippen LogP contribution is -2.22. The molecule has 5 nitrogen and oxygen atoms in total. The van der Waals surface area contributed by atoms with E-state index in [1.807, 2.05) is 0 Å². The van der Waals surface area contributed by atoms with E-state index in [-0.39, 0.29) is 11.3 Å². The van der Waals surface area contributed by atoms with Crippen LogP contribution in [-0.2, 0) is 0 Å². The molecule has 2 heterocycles. The van der Waals surface area contributed by atoms with Crippen LogP contribution in [0.4, 0.5) is 5.95 Å². The molecule has 94 valence electrons. The molecule has 1 aliphatic rings. The fourth-order valence-corrected chi connectivity index (χ4v) is 2.36. The van der Waals surface area contributed by atoms with Gasteiger partial charge in [0.05, 0.1) is 7.11 Å². The van der Waals surface area contributed by atoms with Gasteiger partial charge in [0.2, 0.25) is 11.2 Å². The molecule has 1 aliphatic heterocycles. The Bertz CT molecular complexity index is 388. The summed E-state index contributed by atoms with van der Waals surface area (Å²) in [4.78, 5) is 14.4. The van der Waals surface area contributed by atoms with Crippen LogP contribution < -0.4 is 9.64 Å². The third-order valence-electron chi connectivity index (χ3n) is 3.02. The zero-order chi connectivity index (χ0) is 12.3. The Balaban J connectivity index is 2.10. The first kappa shape index (κ1) is 12.4. The Kier molecular flexibility index (Phi) is 3.99. The van der Waals surface area contributed by atoms with Crippen molar-refractivity contribution in [3.05, 3.63) is 5.28 Å². The molecular formula is C11H17ClN4O. The zero-order valence-electron chi connectivity index (χ0n) is 10.2. The third kappa shape index (κ3) is 2.97. The van der Waals surface area contributed by atoms with Crippen LogP contribution in [0.15, 0.2) is 0 Å². The van der Waals surface area contributed by atoms with Crippen molar-refractivity contribution in [2.75, 3.05) is 25.1 Å². The highest BCUT2D eigenvalue weighted by molar-refractivity contribution is 6.28. The fraction of sp³-hybridized carbons (Fsp3) is 0.727. The van der Waals surface area contributed by atoms with Crippen molar-refractivity contribution >= 4 is 17.5 Å². The maximum absolute atomic E-state index is 5.84. The van der Waals surface area contributed by atoms with E-state index in [1.54, 1.807) is 0 Å². The zero-order valence-corrected chi connectivity index (χ0v) is 10.9. The molecule has 0 bridgehead atoms. The number of nitrogens with zero attached hydrogens (tertiary/aromatic N) is 4. The molecule has 0 aliphatic carbocycles. The van der Waals surface area contributed by atoms with Crippen LogP contribution >= 0.6 is 11.6 Å². The molecule has 1 fully saturated rings. The Morgan fingerprint density at radius 2 is 2.24 bits per heavy atom. The lowest BCUT2D eigenvalue weighted by atomic mass is 10.0. The van der Waals surface area contributed by atoms with Crippen LogP contribution in [0, 0.1) is 5.92 Å². The van der Waals surface area contributed by atoms with Gasteiger partial charge in [0.1, 0.15) is 0 Å². The van der Waals surface area contributed by atoms with E-state index in [0.29, 0.717) is 5.95 Å². The summed E-state index contributed by atoms with van der Waals surface area (Å²) in [6.07, 6.45) is 3.67. The lowest BCUT2D eigenvalue weighted by molar-refractivity contribution is 0.378. The smallest absolute Gasteiger partial charge is 0.322 e. The Labute approximate surface area is 106 Å². The number of hydrogen-bond donors (Lipinski definition) is 0. The summed E-state index contributed by atoms with van der Waals surface area (Å²) in [6.45, 7) is 4.19. The molecule has 0 aromatic carbocycles. The molecule has 0 saturated carbocycles. The monoisotopic (exact) mass is 256 g/mol. The predicted octanol–water partition coefficient (Wildman–Crippen LogP) is 2.16. The lowest BCUT2D eigenvalue weighted by Gasteiger charge is -2.16. The topological polar surface area (TPSA) is 51.1 Å². The first-order valence-electron chi connectivity index (χ1n) is 5.93. The van der Waals surface area contributed by atoms with E-state index in [1.165, 1.54) is 26.4 Å². The normalized spacial score (nSPS) is 19.7. The summed E-state index contributed by atoms with van der Waals surface area (Å²) in [5.41, 5.74) is 0. The van der Waals surface area contributed by atoms with E-state index < -0.39 is 0 Å². The maximum Gasteiger partial charge on any atom is 0.322 e. The van der Waals surface area contributed by atoms with Crippen molar-refractivity contribution in [3.63, 3.8) is 0 Å². The quantitative estimate of drug-likeness (QED) is 0.826. The molecule has 0 N–H and O–H groups in total. The first-order valence-corrected chi connectivity index (χ1v) is 6.31. The van der Waals surface area contributed by atoms with Crippen molar-refractivity contribution in [3.8, 4) is 6.01 Å². The van der Waals surface area contributed by atoms with E-state index in [4.69, 9.17) is 16.3 Å². The van der Waals surface area contributed by atoms with Crippen molar-refractivity contribution in [2.24, 2.45) is 5.92 Å². The third-order valence-corrected chi connectivity index (χ3v) is 3.19. The van der Waals surface area contributed by atoms with Gasteiger partial charge in [-0.3, -0.25) is 0 Å². The SMILES string of the molecule is CCCC1CCN(c2nc(Cl)nc(OC)n2)C1. The number of aromatic nitrogens is 3. The van der Waals surface area contributed by atoms with Crippen molar-refractivity contribution in [1.29, 1.82) is 0 Å². The average molecular weight is 257 g/mol. The second-order valence-electron chi connectivity index (χ2n) is 4.28. The number of hydrogen-bond acceptors (Lipinski definition) is 5. The summed E-state index contributed by atoms with van der Waals surface area (Å²) in [5.74, 6) is 1.36. The molecule has 6 heteroatoms. The summed E-state index contributed by atoms with van der Waals surface area (Å²) in [5, 5.41) is 0.186. The first-order chi connectivity index (χ1) is 8.22. The Morgan fingerprint density at radius 1 is 1.41 bits per heavy atom. The van der Waals surface area contributed by atoms with E-state index >= 15 is 0 Å². The van der Waals surface area contributed by atoms with Crippen LogP contribution in [0.5, 0.6) is 6.01 Å². The van der Waals surface area contributed by atoms with Crippen LogP contribution in [-0.4, -0.2) is 35.2 Å². The fourth-order valence-electron chi connectivity index (χ4n) is 2.21. The van der Waals surface area contributed by atoms with Crippen LogP contribution in [0.3, 0.4) is 0 Å². The minimum Gasteiger partial charge on any atom is -0.467 e. The van der Waals surface area contributed by atoms with Crippen molar-refractivity contribution < 1.29 is 4.74 Å². The van der Waals surface area contributed by atoms with Crippen LogP contribution in [0.2, 0.25) is 5.28 Å². The van der Waals surface area contributed by atoms with E-state index in [2.05, 4.69) is 26.8 Å². The van der Waals surface area contributed by atoms with Gasteiger partial charge in [-0.15, -0.1) is 0 Å². The summed E-state index contributed by atoms with van der Waals surface area (Å²) < 4.78 is 5.00. The predicted molar refractivity (Wildman–Crippen MR) is 66.6 cm³/mol. The highest BCUT2D eigenvalue weighted by Crippen LogP contribution is 2.25. The van der Waals surface area contributed by atoms with Crippen molar-refractivity contribution in [1.82, 2.24) is 15.0 Å². The second-order valence-corrected chi connectivity index (χ2v) is 4.62. The van der Waals surface area contributed by atoms with E-state index in [9.17, 15) is 0 Å². The molecule has 0 amide bonds. The van der Waals surface area contributed by atoms with Gasteiger partial charge in [0.15, 0.2) is 0 Å². The largest absolute Gasteiger partial charge is 0.467 e. The number of halogens is 1. The Morgan fingerprint density at radius 3 is 2.94 bits per heavy atom. The van der Waals surface area contributed by atoms with E-state index in [0.717, 1.165) is 19.0 Å². The molecule has 1 aromatic rings.